The number of nitrogen functional groups attached to an aromatic ring is 1. The Morgan fingerprint density at radius 1 is 1.58 bits per heavy atom. The molecule has 1 unspecified atom stereocenters. The summed E-state index contributed by atoms with van der Waals surface area (Å²) in [6, 6.07) is 5.42. The zero-order valence-electron chi connectivity index (χ0n) is 11.1. The number of aryl methyl sites for hydroxylation is 1. The minimum absolute atomic E-state index is 0.0358. The summed E-state index contributed by atoms with van der Waals surface area (Å²) in [5, 5.41) is 2.79. The zero-order valence-corrected chi connectivity index (χ0v) is 11.1. The first-order valence-electron chi connectivity index (χ1n) is 6.50. The molecule has 1 atom stereocenters. The van der Waals surface area contributed by atoms with Gasteiger partial charge in [0.2, 0.25) is 5.91 Å². The summed E-state index contributed by atoms with van der Waals surface area (Å²) in [5.41, 5.74) is 8.01. The predicted molar refractivity (Wildman–Crippen MR) is 74.0 cm³/mol. The molecule has 5 heteroatoms. The average Bonchev–Trinajstić information content (AvgIpc) is 2.87. The van der Waals surface area contributed by atoms with Crippen molar-refractivity contribution in [2.75, 3.05) is 30.9 Å². The van der Waals surface area contributed by atoms with Crippen LogP contribution in [0, 0.1) is 6.92 Å². The average molecular weight is 264 g/mol. The van der Waals surface area contributed by atoms with Crippen LogP contribution in [0.15, 0.2) is 18.2 Å². The Bertz CT molecular complexity index is 442. The van der Waals surface area contributed by atoms with Gasteiger partial charge in [0.1, 0.15) is 6.61 Å². The van der Waals surface area contributed by atoms with E-state index >= 15 is 0 Å². The van der Waals surface area contributed by atoms with Gasteiger partial charge in [0.15, 0.2) is 0 Å². The summed E-state index contributed by atoms with van der Waals surface area (Å²) < 4.78 is 10.8. The summed E-state index contributed by atoms with van der Waals surface area (Å²) in [6.45, 7) is 3.22. The second-order valence-electron chi connectivity index (χ2n) is 4.77. The first-order valence-corrected chi connectivity index (χ1v) is 6.50. The summed E-state index contributed by atoms with van der Waals surface area (Å²) >= 11 is 0. The number of anilines is 2. The number of benzene rings is 1. The van der Waals surface area contributed by atoms with Crippen molar-refractivity contribution in [2.45, 2.75) is 25.9 Å². The van der Waals surface area contributed by atoms with Crippen LogP contribution < -0.4 is 11.1 Å². The van der Waals surface area contributed by atoms with Crippen molar-refractivity contribution in [3.8, 4) is 0 Å². The topological polar surface area (TPSA) is 73.6 Å². The van der Waals surface area contributed by atoms with Crippen LogP contribution in [-0.2, 0) is 14.3 Å². The highest BCUT2D eigenvalue weighted by Gasteiger charge is 2.16. The third kappa shape index (κ3) is 4.22. The van der Waals surface area contributed by atoms with Gasteiger partial charge in [0.25, 0.3) is 0 Å². The molecule has 2 rings (SSSR count). The number of ether oxygens (including phenoxy) is 2. The Hall–Kier alpha value is -1.59. The highest BCUT2D eigenvalue weighted by molar-refractivity contribution is 5.92. The van der Waals surface area contributed by atoms with E-state index in [1.165, 1.54) is 0 Å². The molecule has 5 nitrogen and oxygen atoms in total. The molecule has 1 aromatic rings. The molecular weight excluding hydrogens is 244 g/mol. The Morgan fingerprint density at radius 3 is 3.16 bits per heavy atom. The van der Waals surface area contributed by atoms with E-state index in [4.69, 9.17) is 15.2 Å². The minimum Gasteiger partial charge on any atom is -0.399 e. The molecule has 1 aliphatic rings. The van der Waals surface area contributed by atoms with Gasteiger partial charge in [-0.2, -0.15) is 0 Å². The van der Waals surface area contributed by atoms with Gasteiger partial charge < -0.3 is 20.5 Å². The number of hydrogen-bond donors (Lipinski definition) is 2. The van der Waals surface area contributed by atoms with Gasteiger partial charge in [0, 0.05) is 18.0 Å². The molecule has 0 radical (unpaired) electrons. The highest BCUT2D eigenvalue weighted by atomic mass is 16.5. The molecule has 3 N–H and O–H groups in total. The largest absolute Gasteiger partial charge is 0.399 e. The van der Waals surface area contributed by atoms with Crippen LogP contribution >= 0.6 is 0 Å². The van der Waals surface area contributed by atoms with E-state index < -0.39 is 0 Å². The molecule has 0 bridgehead atoms. The number of carbonyl (C=O) groups excluding carboxylic acids is 1. The van der Waals surface area contributed by atoms with E-state index in [1.807, 2.05) is 13.0 Å². The molecule has 1 saturated heterocycles. The van der Waals surface area contributed by atoms with E-state index in [9.17, 15) is 4.79 Å². The summed E-state index contributed by atoms with van der Waals surface area (Å²) in [7, 11) is 0. The minimum atomic E-state index is -0.174. The fourth-order valence-corrected chi connectivity index (χ4v) is 2.02. The van der Waals surface area contributed by atoms with Crippen molar-refractivity contribution in [3.63, 3.8) is 0 Å². The van der Waals surface area contributed by atoms with Crippen molar-refractivity contribution >= 4 is 17.3 Å². The lowest BCUT2D eigenvalue weighted by Gasteiger charge is -2.11. The van der Waals surface area contributed by atoms with E-state index in [2.05, 4.69) is 5.32 Å². The van der Waals surface area contributed by atoms with E-state index in [0.717, 1.165) is 30.7 Å². The lowest BCUT2D eigenvalue weighted by atomic mass is 10.2. The lowest BCUT2D eigenvalue weighted by molar-refractivity contribution is -0.121. The quantitative estimate of drug-likeness (QED) is 0.794. The van der Waals surface area contributed by atoms with Crippen molar-refractivity contribution in [1.82, 2.24) is 0 Å². The molecule has 0 aromatic heterocycles. The molecule has 1 fully saturated rings. The maximum absolute atomic E-state index is 11.7. The summed E-state index contributed by atoms with van der Waals surface area (Å²) in [5.74, 6) is -0.174. The molecule has 1 aliphatic heterocycles. The van der Waals surface area contributed by atoms with Crippen LogP contribution in [0.2, 0.25) is 0 Å². The Morgan fingerprint density at radius 2 is 2.42 bits per heavy atom. The van der Waals surface area contributed by atoms with Gasteiger partial charge >= 0.3 is 0 Å². The van der Waals surface area contributed by atoms with Crippen LogP contribution in [0.4, 0.5) is 11.4 Å². The maximum Gasteiger partial charge on any atom is 0.250 e. The van der Waals surface area contributed by atoms with Gasteiger partial charge in [0.05, 0.1) is 12.7 Å². The third-order valence-electron chi connectivity index (χ3n) is 3.10. The van der Waals surface area contributed by atoms with Gasteiger partial charge in [-0.1, -0.05) is 6.07 Å². The Balaban J connectivity index is 1.75. The molecule has 0 spiro atoms. The fourth-order valence-electron chi connectivity index (χ4n) is 2.02. The van der Waals surface area contributed by atoms with E-state index in [-0.39, 0.29) is 18.6 Å². The summed E-state index contributed by atoms with van der Waals surface area (Å²) in [4.78, 5) is 11.7. The molecule has 104 valence electrons. The van der Waals surface area contributed by atoms with Crippen LogP contribution in [0.3, 0.4) is 0 Å². The van der Waals surface area contributed by atoms with Crippen LogP contribution in [-0.4, -0.2) is 31.8 Å². The van der Waals surface area contributed by atoms with Gasteiger partial charge in [-0.15, -0.1) is 0 Å². The number of rotatable bonds is 5. The normalized spacial score (nSPS) is 18.5. The fraction of sp³-hybridized carbons (Fsp3) is 0.500. The molecule has 1 amide bonds. The summed E-state index contributed by atoms with van der Waals surface area (Å²) in [6.07, 6.45) is 2.22. The smallest absolute Gasteiger partial charge is 0.250 e. The van der Waals surface area contributed by atoms with Crippen molar-refractivity contribution in [1.29, 1.82) is 0 Å². The highest BCUT2D eigenvalue weighted by Crippen LogP contribution is 2.18. The SMILES string of the molecule is Cc1ccc(N)cc1NC(=O)COCC1CCCO1. The number of hydrogen-bond acceptors (Lipinski definition) is 4. The third-order valence-corrected chi connectivity index (χ3v) is 3.10. The number of nitrogens with one attached hydrogen (secondary N) is 1. The van der Waals surface area contributed by atoms with Gasteiger partial charge in [-0.3, -0.25) is 4.79 Å². The zero-order chi connectivity index (χ0) is 13.7. The van der Waals surface area contributed by atoms with Crippen molar-refractivity contribution in [2.24, 2.45) is 0 Å². The molecule has 19 heavy (non-hydrogen) atoms. The number of amides is 1. The number of carbonyl (C=O) groups is 1. The predicted octanol–water partition coefficient (Wildman–Crippen LogP) is 1.71. The lowest BCUT2D eigenvalue weighted by Crippen LogP contribution is -2.22. The Labute approximate surface area is 113 Å². The van der Waals surface area contributed by atoms with Crippen molar-refractivity contribution in [3.05, 3.63) is 23.8 Å². The van der Waals surface area contributed by atoms with Crippen LogP contribution in [0.5, 0.6) is 0 Å². The standard InChI is InChI=1S/C14H20N2O3/c1-10-4-5-11(15)7-13(10)16-14(17)9-18-8-12-3-2-6-19-12/h4-5,7,12H,2-3,6,8-9,15H2,1H3,(H,16,17). The molecule has 1 heterocycles. The van der Waals surface area contributed by atoms with E-state index in [0.29, 0.717) is 12.3 Å². The molecular formula is C14H20N2O3. The van der Waals surface area contributed by atoms with Crippen molar-refractivity contribution < 1.29 is 14.3 Å². The van der Waals surface area contributed by atoms with E-state index in [1.54, 1.807) is 12.1 Å². The van der Waals surface area contributed by atoms with Gasteiger partial charge in [-0.05, 0) is 37.5 Å². The number of nitrogens with two attached hydrogens (primary N) is 1. The second-order valence-corrected chi connectivity index (χ2v) is 4.77. The first kappa shape index (κ1) is 13.8. The molecule has 0 aliphatic carbocycles. The second kappa shape index (κ2) is 6.54. The first-order chi connectivity index (χ1) is 9.15. The monoisotopic (exact) mass is 264 g/mol. The molecule has 0 saturated carbocycles. The van der Waals surface area contributed by atoms with Gasteiger partial charge in [-0.25, -0.2) is 0 Å². The maximum atomic E-state index is 11.7. The van der Waals surface area contributed by atoms with Crippen LogP contribution in [0.25, 0.3) is 0 Å². The molecule has 1 aromatic carbocycles. The van der Waals surface area contributed by atoms with Crippen LogP contribution in [0.1, 0.15) is 18.4 Å². The Kier molecular flexibility index (Phi) is 4.76.